The summed E-state index contributed by atoms with van der Waals surface area (Å²) in [5, 5.41) is 3.24. The van der Waals surface area contributed by atoms with E-state index < -0.39 is 21.7 Å². The first-order valence-electron chi connectivity index (χ1n) is 7.13. The number of rotatable bonds is 6. The highest BCUT2D eigenvalue weighted by atomic mass is 32.2. The molecule has 118 valence electrons. The third-order valence-electron chi connectivity index (χ3n) is 3.53. The summed E-state index contributed by atoms with van der Waals surface area (Å²) in [4.78, 5) is -0.327. The van der Waals surface area contributed by atoms with E-state index in [9.17, 15) is 17.2 Å². The predicted octanol–water partition coefficient (Wildman–Crippen LogP) is 2.12. The van der Waals surface area contributed by atoms with Crippen LogP contribution in [-0.4, -0.2) is 38.4 Å². The summed E-state index contributed by atoms with van der Waals surface area (Å²) >= 11 is 0. The quantitative estimate of drug-likeness (QED) is 0.874. The Bertz CT molecular complexity index is 566. The number of benzene rings is 1. The Hall–Kier alpha value is -1.05. The summed E-state index contributed by atoms with van der Waals surface area (Å²) in [7, 11) is -3.88. The summed E-state index contributed by atoms with van der Waals surface area (Å²) in [6.07, 6.45) is 2.57. The fourth-order valence-corrected chi connectivity index (χ4v) is 4.16. The van der Waals surface area contributed by atoms with Crippen molar-refractivity contribution in [3.8, 4) is 0 Å². The van der Waals surface area contributed by atoms with Gasteiger partial charge in [0.25, 0.3) is 0 Å². The van der Waals surface area contributed by atoms with E-state index in [0.717, 1.165) is 31.5 Å². The number of hydrogen-bond acceptors (Lipinski definition) is 3. The lowest BCUT2D eigenvalue weighted by Crippen LogP contribution is -2.41. The van der Waals surface area contributed by atoms with Crippen molar-refractivity contribution in [1.29, 1.82) is 0 Å². The lowest BCUT2D eigenvalue weighted by Gasteiger charge is -2.25. The highest BCUT2D eigenvalue weighted by molar-refractivity contribution is 7.89. The molecule has 0 aliphatic carbocycles. The van der Waals surface area contributed by atoms with Crippen LogP contribution in [0.25, 0.3) is 0 Å². The Morgan fingerprint density at radius 2 is 1.95 bits per heavy atom. The second-order valence-corrected chi connectivity index (χ2v) is 7.20. The fraction of sp³-hybridized carbons (Fsp3) is 0.571. The van der Waals surface area contributed by atoms with Crippen LogP contribution in [0.5, 0.6) is 0 Å². The van der Waals surface area contributed by atoms with E-state index in [1.807, 2.05) is 6.92 Å². The zero-order valence-corrected chi connectivity index (χ0v) is 12.8. The van der Waals surface area contributed by atoms with Crippen molar-refractivity contribution >= 4 is 10.0 Å². The number of sulfonamides is 1. The van der Waals surface area contributed by atoms with E-state index in [1.54, 1.807) is 0 Å². The van der Waals surface area contributed by atoms with Gasteiger partial charge in [0.2, 0.25) is 10.0 Å². The molecule has 0 saturated carbocycles. The molecule has 1 aliphatic rings. The van der Waals surface area contributed by atoms with Gasteiger partial charge in [-0.1, -0.05) is 6.92 Å². The van der Waals surface area contributed by atoms with Crippen molar-refractivity contribution in [2.45, 2.75) is 37.1 Å². The second-order valence-electron chi connectivity index (χ2n) is 5.26. The molecule has 1 atom stereocenters. The zero-order chi connectivity index (χ0) is 15.5. The van der Waals surface area contributed by atoms with Crippen molar-refractivity contribution in [2.75, 3.05) is 19.6 Å². The largest absolute Gasteiger partial charge is 0.313 e. The molecule has 1 heterocycles. The Kier molecular flexibility index (Phi) is 5.29. The van der Waals surface area contributed by atoms with E-state index >= 15 is 0 Å². The van der Waals surface area contributed by atoms with Gasteiger partial charge in [0, 0.05) is 25.2 Å². The number of halogens is 2. The van der Waals surface area contributed by atoms with E-state index in [2.05, 4.69) is 5.32 Å². The minimum absolute atomic E-state index is 0.102. The number of nitrogens with zero attached hydrogens (tertiary/aromatic N) is 1. The monoisotopic (exact) mass is 318 g/mol. The molecule has 7 heteroatoms. The summed E-state index contributed by atoms with van der Waals surface area (Å²) in [6.45, 7) is 3.41. The topological polar surface area (TPSA) is 49.4 Å². The van der Waals surface area contributed by atoms with Crippen LogP contribution in [0.4, 0.5) is 8.78 Å². The molecule has 2 rings (SSSR count). The molecule has 0 bridgehead atoms. The van der Waals surface area contributed by atoms with Crippen LogP contribution in [0, 0.1) is 11.6 Å². The van der Waals surface area contributed by atoms with Crippen LogP contribution in [0.1, 0.15) is 26.2 Å². The lowest BCUT2D eigenvalue weighted by molar-refractivity contribution is 0.369. The zero-order valence-electron chi connectivity index (χ0n) is 12.0. The van der Waals surface area contributed by atoms with E-state index in [4.69, 9.17) is 0 Å². The third-order valence-corrected chi connectivity index (χ3v) is 5.38. The summed E-state index contributed by atoms with van der Waals surface area (Å²) < 4.78 is 53.0. The molecule has 1 aromatic rings. The lowest BCUT2D eigenvalue weighted by atomic mass is 10.2. The average molecular weight is 318 g/mol. The van der Waals surface area contributed by atoms with Gasteiger partial charge in [0.1, 0.15) is 11.6 Å². The summed E-state index contributed by atoms with van der Waals surface area (Å²) in [5.74, 6) is -1.77. The molecule has 0 radical (unpaired) electrons. The summed E-state index contributed by atoms with van der Waals surface area (Å²) in [5.41, 5.74) is 0. The van der Waals surface area contributed by atoms with Crippen LogP contribution < -0.4 is 5.32 Å². The molecular formula is C14H20F2N2O2S. The van der Waals surface area contributed by atoms with Crippen LogP contribution in [0.3, 0.4) is 0 Å². The molecular weight excluding hydrogens is 298 g/mol. The molecule has 1 fully saturated rings. The van der Waals surface area contributed by atoms with Crippen molar-refractivity contribution in [3.05, 3.63) is 29.8 Å². The number of nitrogens with one attached hydrogen (secondary N) is 1. The first-order chi connectivity index (χ1) is 9.93. The molecule has 1 N–H and O–H groups in total. The van der Waals surface area contributed by atoms with E-state index in [0.29, 0.717) is 25.6 Å². The maximum absolute atomic E-state index is 13.3. The predicted molar refractivity (Wildman–Crippen MR) is 76.4 cm³/mol. The van der Waals surface area contributed by atoms with Gasteiger partial charge >= 0.3 is 0 Å². The highest BCUT2D eigenvalue weighted by Gasteiger charge is 2.28. The molecule has 1 aromatic carbocycles. The highest BCUT2D eigenvalue weighted by Crippen LogP contribution is 2.20. The Morgan fingerprint density at radius 1 is 1.29 bits per heavy atom. The van der Waals surface area contributed by atoms with Gasteiger partial charge in [-0.2, -0.15) is 4.31 Å². The standard InChI is InChI=1S/C14H20F2N2O2S/c1-2-6-18(10-13-4-3-5-17-13)21(19,20)14-8-11(15)7-12(16)9-14/h7-9,13,17H,2-6,10H2,1H3. The first-order valence-corrected chi connectivity index (χ1v) is 8.57. The van der Waals surface area contributed by atoms with Crippen LogP contribution in [-0.2, 0) is 10.0 Å². The van der Waals surface area contributed by atoms with Gasteiger partial charge in [-0.25, -0.2) is 17.2 Å². The molecule has 0 aromatic heterocycles. The Balaban J connectivity index is 2.27. The third kappa shape index (κ3) is 3.99. The second kappa shape index (κ2) is 6.81. The van der Waals surface area contributed by atoms with Crippen molar-refractivity contribution in [3.63, 3.8) is 0 Å². The van der Waals surface area contributed by atoms with Gasteiger partial charge in [0.05, 0.1) is 4.90 Å². The molecule has 4 nitrogen and oxygen atoms in total. The van der Waals surface area contributed by atoms with Gasteiger partial charge in [0.15, 0.2) is 0 Å². The maximum atomic E-state index is 13.3. The van der Waals surface area contributed by atoms with Gasteiger partial charge in [-0.3, -0.25) is 0 Å². The van der Waals surface area contributed by atoms with Gasteiger partial charge in [-0.15, -0.1) is 0 Å². The van der Waals surface area contributed by atoms with Crippen LogP contribution in [0.2, 0.25) is 0 Å². The van der Waals surface area contributed by atoms with Crippen LogP contribution in [0.15, 0.2) is 23.1 Å². The van der Waals surface area contributed by atoms with E-state index in [-0.39, 0.29) is 10.9 Å². The minimum atomic E-state index is -3.88. The molecule has 0 amide bonds. The minimum Gasteiger partial charge on any atom is -0.313 e. The Morgan fingerprint density at radius 3 is 2.48 bits per heavy atom. The van der Waals surface area contributed by atoms with Gasteiger partial charge < -0.3 is 5.32 Å². The maximum Gasteiger partial charge on any atom is 0.243 e. The van der Waals surface area contributed by atoms with Gasteiger partial charge in [-0.05, 0) is 37.9 Å². The van der Waals surface area contributed by atoms with E-state index in [1.165, 1.54) is 4.31 Å². The molecule has 1 unspecified atom stereocenters. The molecule has 21 heavy (non-hydrogen) atoms. The van der Waals surface area contributed by atoms with Crippen LogP contribution >= 0.6 is 0 Å². The smallest absolute Gasteiger partial charge is 0.243 e. The molecule has 0 spiro atoms. The Labute approximate surface area is 124 Å². The SMILES string of the molecule is CCCN(CC1CCCN1)S(=O)(=O)c1cc(F)cc(F)c1. The molecule has 1 aliphatic heterocycles. The average Bonchev–Trinajstić information content (AvgIpc) is 2.90. The summed E-state index contributed by atoms with van der Waals surface area (Å²) in [6, 6.07) is 2.50. The van der Waals surface area contributed by atoms with Crippen molar-refractivity contribution in [2.24, 2.45) is 0 Å². The van der Waals surface area contributed by atoms with Crippen molar-refractivity contribution < 1.29 is 17.2 Å². The fourth-order valence-electron chi connectivity index (χ4n) is 2.54. The molecule has 1 saturated heterocycles. The number of hydrogen-bond donors (Lipinski definition) is 1. The first kappa shape index (κ1) is 16.3. The van der Waals surface area contributed by atoms with Crippen molar-refractivity contribution in [1.82, 2.24) is 9.62 Å². The normalized spacial score (nSPS) is 19.3.